The Morgan fingerprint density at radius 3 is 1.84 bits per heavy atom. The van der Waals surface area contributed by atoms with Crippen molar-refractivity contribution in [1.82, 2.24) is 0 Å². The van der Waals surface area contributed by atoms with Crippen LogP contribution in [0.5, 0.6) is 0 Å². The Hall–Kier alpha value is -2.38. The molecule has 3 aromatic carbocycles. The zero-order chi connectivity index (χ0) is 17.6. The molecule has 0 spiro atoms. The lowest BCUT2D eigenvalue weighted by molar-refractivity contribution is 0.299. The smallest absolute Gasteiger partial charge is 0.0471 e. The SMILES string of the molecule is Cc1ccc(C(c2ccc(CCO)cc2)C(C)c2ccccc2)cc1. The summed E-state index contributed by atoms with van der Waals surface area (Å²) < 4.78 is 0. The van der Waals surface area contributed by atoms with Crippen LogP contribution in [0.25, 0.3) is 0 Å². The monoisotopic (exact) mass is 330 g/mol. The van der Waals surface area contributed by atoms with Gasteiger partial charge in [0, 0.05) is 12.5 Å². The maximum Gasteiger partial charge on any atom is 0.0471 e. The standard InChI is InChI=1S/C24H26O/c1-18-8-12-22(13-9-18)24(19(2)21-6-4-3-5-7-21)23-14-10-20(11-15-23)16-17-25/h3-15,19,24-25H,16-17H2,1-2H3. The largest absolute Gasteiger partial charge is 0.396 e. The molecule has 3 rings (SSSR count). The van der Waals surface area contributed by atoms with Gasteiger partial charge in [0.05, 0.1) is 0 Å². The van der Waals surface area contributed by atoms with Gasteiger partial charge in [-0.1, -0.05) is 91.3 Å². The summed E-state index contributed by atoms with van der Waals surface area (Å²) in [5.41, 5.74) is 6.49. The van der Waals surface area contributed by atoms with Crippen LogP contribution in [0.4, 0.5) is 0 Å². The van der Waals surface area contributed by atoms with Gasteiger partial charge in [0.25, 0.3) is 0 Å². The van der Waals surface area contributed by atoms with Crippen LogP contribution in [0.3, 0.4) is 0 Å². The molecule has 3 aromatic rings. The van der Waals surface area contributed by atoms with Crippen LogP contribution in [0, 0.1) is 6.92 Å². The molecule has 0 aliphatic heterocycles. The maximum atomic E-state index is 9.14. The Bertz CT molecular complexity index is 773. The second-order valence-electron chi connectivity index (χ2n) is 6.80. The van der Waals surface area contributed by atoms with Crippen LogP contribution in [0.1, 0.15) is 46.6 Å². The molecule has 0 saturated heterocycles. The molecule has 0 fully saturated rings. The second kappa shape index (κ2) is 8.13. The van der Waals surface area contributed by atoms with Crippen LogP contribution in [-0.4, -0.2) is 11.7 Å². The molecular weight excluding hydrogens is 304 g/mol. The molecule has 0 heterocycles. The number of rotatable bonds is 6. The van der Waals surface area contributed by atoms with E-state index in [0.717, 1.165) is 0 Å². The third-order valence-electron chi connectivity index (χ3n) is 5.00. The van der Waals surface area contributed by atoms with E-state index in [2.05, 4.69) is 92.7 Å². The predicted octanol–water partition coefficient (Wildman–Crippen LogP) is 5.47. The summed E-state index contributed by atoms with van der Waals surface area (Å²) in [6.07, 6.45) is 0.712. The summed E-state index contributed by atoms with van der Waals surface area (Å²) in [4.78, 5) is 0. The first-order valence-electron chi connectivity index (χ1n) is 9.00. The topological polar surface area (TPSA) is 20.2 Å². The molecule has 1 heteroatoms. The third-order valence-corrected chi connectivity index (χ3v) is 5.00. The van der Waals surface area contributed by atoms with Crippen molar-refractivity contribution in [2.75, 3.05) is 6.61 Å². The van der Waals surface area contributed by atoms with E-state index in [1.165, 1.54) is 27.8 Å². The van der Waals surface area contributed by atoms with Crippen molar-refractivity contribution in [1.29, 1.82) is 0 Å². The Morgan fingerprint density at radius 1 is 0.720 bits per heavy atom. The van der Waals surface area contributed by atoms with Crippen LogP contribution in [0.2, 0.25) is 0 Å². The minimum absolute atomic E-state index is 0.196. The van der Waals surface area contributed by atoms with Gasteiger partial charge in [-0.15, -0.1) is 0 Å². The van der Waals surface area contributed by atoms with Crippen LogP contribution in [0.15, 0.2) is 78.9 Å². The molecule has 0 aliphatic rings. The zero-order valence-electron chi connectivity index (χ0n) is 15.0. The lowest BCUT2D eigenvalue weighted by atomic mass is 9.78. The van der Waals surface area contributed by atoms with Crippen molar-refractivity contribution in [3.8, 4) is 0 Å². The molecule has 2 atom stereocenters. The van der Waals surface area contributed by atoms with Gasteiger partial charge in [0.15, 0.2) is 0 Å². The number of hydrogen-bond donors (Lipinski definition) is 1. The maximum absolute atomic E-state index is 9.14. The van der Waals surface area contributed by atoms with Gasteiger partial charge in [-0.25, -0.2) is 0 Å². The first-order chi connectivity index (χ1) is 12.2. The Morgan fingerprint density at radius 2 is 1.28 bits per heavy atom. The number of aliphatic hydroxyl groups is 1. The van der Waals surface area contributed by atoms with Gasteiger partial charge in [0.1, 0.15) is 0 Å². The highest BCUT2D eigenvalue weighted by Crippen LogP contribution is 2.38. The summed E-state index contributed by atoms with van der Waals surface area (Å²) in [6.45, 7) is 4.63. The highest BCUT2D eigenvalue weighted by Gasteiger charge is 2.22. The van der Waals surface area contributed by atoms with Crippen molar-refractivity contribution in [3.05, 3.63) is 107 Å². The van der Waals surface area contributed by atoms with Gasteiger partial charge >= 0.3 is 0 Å². The molecular formula is C24H26O. The quantitative estimate of drug-likeness (QED) is 0.636. The predicted molar refractivity (Wildman–Crippen MR) is 105 cm³/mol. The number of aryl methyl sites for hydroxylation is 1. The second-order valence-corrected chi connectivity index (χ2v) is 6.80. The van der Waals surface area contributed by atoms with Gasteiger partial charge in [-0.05, 0) is 41.5 Å². The van der Waals surface area contributed by atoms with E-state index in [1.807, 2.05) is 0 Å². The third kappa shape index (κ3) is 4.18. The fraction of sp³-hybridized carbons (Fsp3) is 0.250. The van der Waals surface area contributed by atoms with Gasteiger partial charge in [0.2, 0.25) is 0 Å². The average Bonchev–Trinajstić information content (AvgIpc) is 2.66. The number of aliphatic hydroxyl groups excluding tert-OH is 1. The fourth-order valence-electron chi connectivity index (χ4n) is 3.51. The minimum Gasteiger partial charge on any atom is -0.396 e. The molecule has 1 N–H and O–H groups in total. The lowest BCUT2D eigenvalue weighted by Crippen LogP contribution is -2.10. The van der Waals surface area contributed by atoms with Gasteiger partial charge < -0.3 is 5.11 Å². The molecule has 0 amide bonds. The molecule has 2 unspecified atom stereocenters. The molecule has 0 aliphatic carbocycles. The van der Waals surface area contributed by atoms with Crippen molar-refractivity contribution < 1.29 is 5.11 Å². The highest BCUT2D eigenvalue weighted by molar-refractivity contribution is 5.39. The Labute approximate surface area is 151 Å². The van der Waals surface area contributed by atoms with E-state index in [-0.39, 0.29) is 6.61 Å². The van der Waals surface area contributed by atoms with E-state index in [1.54, 1.807) is 0 Å². The first-order valence-corrected chi connectivity index (χ1v) is 9.00. The van der Waals surface area contributed by atoms with Crippen molar-refractivity contribution >= 4 is 0 Å². The molecule has 1 nitrogen and oxygen atoms in total. The van der Waals surface area contributed by atoms with E-state index in [9.17, 15) is 0 Å². The molecule has 0 aromatic heterocycles. The van der Waals surface area contributed by atoms with Crippen LogP contribution >= 0.6 is 0 Å². The number of benzene rings is 3. The summed E-state index contributed by atoms with van der Waals surface area (Å²) >= 11 is 0. The van der Waals surface area contributed by atoms with Gasteiger partial charge in [-0.3, -0.25) is 0 Å². The van der Waals surface area contributed by atoms with Crippen LogP contribution < -0.4 is 0 Å². The van der Waals surface area contributed by atoms with E-state index >= 15 is 0 Å². The Balaban J connectivity index is 2.00. The number of hydrogen-bond acceptors (Lipinski definition) is 1. The fourth-order valence-corrected chi connectivity index (χ4v) is 3.51. The molecule has 0 saturated carbocycles. The Kier molecular flexibility index (Phi) is 5.67. The summed E-state index contributed by atoms with van der Waals surface area (Å²) in [6, 6.07) is 28.3. The first kappa shape index (κ1) is 17.4. The average molecular weight is 330 g/mol. The molecule has 128 valence electrons. The van der Waals surface area contributed by atoms with E-state index in [4.69, 9.17) is 5.11 Å². The molecule has 0 radical (unpaired) electrons. The van der Waals surface area contributed by atoms with Crippen LogP contribution in [-0.2, 0) is 6.42 Å². The summed E-state index contributed by atoms with van der Waals surface area (Å²) in [7, 11) is 0. The van der Waals surface area contributed by atoms with Gasteiger partial charge in [-0.2, -0.15) is 0 Å². The molecule has 0 bridgehead atoms. The van der Waals surface area contributed by atoms with Crippen molar-refractivity contribution in [3.63, 3.8) is 0 Å². The lowest BCUT2D eigenvalue weighted by Gasteiger charge is -2.26. The van der Waals surface area contributed by atoms with E-state index < -0.39 is 0 Å². The summed E-state index contributed by atoms with van der Waals surface area (Å²) in [5.74, 6) is 0.693. The summed E-state index contributed by atoms with van der Waals surface area (Å²) in [5, 5.41) is 9.14. The highest BCUT2D eigenvalue weighted by atomic mass is 16.2. The van der Waals surface area contributed by atoms with E-state index in [0.29, 0.717) is 18.3 Å². The minimum atomic E-state index is 0.196. The zero-order valence-corrected chi connectivity index (χ0v) is 15.0. The van der Waals surface area contributed by atoms with Crippen molar-refractivity contribution in [2.45, 2.75) is 32.1 Å². The normalized spacial score (nSPS) is 13.4. The molecule has 25 heavy (non-hydrogen) atoms. The van der Waals surface area contributed by atoms with Crippen molar-refractivity contribution in [2.24, 2.45) is 0 Å².